The smallest absolute Gasteiger partial charge is 0.266 e. The Kier molecular flexibility index (Phi) is 9.22. The summed E-state index contributed by atoms with van der Waals surface area (Å²) in [7, 11) is 0. The van der Waals surface area contributed by atoms with Crippen LogP contribution in [0.25, 0.3) is 6.08 Å². The van der Waals surface area contributed by atoms with E-state index < -0.39 is 0 Å². The summed E-state index contributed by atoms with van der Waals surface area (Å²) in [6, 6.07) is 12.0. The second kappa shape index (κ2) is 12.6. The van der Waals surface area contributed by atoms with Gasteiger partial charge in [-0.15, -0.1) is 0 Å². The maximum Gasteiger partial charge on any atom is 0.266 e. The summed E-state index contributed by atoms with van der Waals surface area (Å²) in [5.41, 5.74) is 1.89. The second-order valence-electron chi connectivity index (χ2n) is 10.0. The maximum absolute atomic E-state index is 13.6. The Balaban J connectivity index is 1.33. The molecule has 8 heteroatoms. The van der Waals surface area contributed by atoms with Crippen molar-refractivity contribution in [3.05, 3.63) is 66.9 Å². The van der Waals surface area contributed by atoms with Crippen LogP contribution in [0.2, 0.25) is 10.0 Å². The number of rotatable bonds is 6. The number of thioether (sulfide) groups is 1. The molecule has 2 aromatic rings. The quantitative estimate of drug-likeness (QED) is 0.302. The largest absolute Gasteiger partial charge is 0.488 e. The zero-order valence-electron chi connectivity index (χ0n) is 20.7. The number of amides is 1. The van der Waals surface area contributed by atoms with Crippen molar-refractivity contribution >= 4 is 68.0 Å². The van der Waals surface area contributed by atoms with Crippen molar-refractivity contribution in [2.75, 3.05) is 0 Å². The molecule has 2 saturated carbocycles. The zero-order valence-corrected chi connectivity index (χ0v) is 24.6. The van der Waals surface area contributed by atoms with E-state index >= 15 is 0 Å². The Morgan fingerprint density at radius 1 is 0.973 bits per heavy atom. The van der Waals surface area contributed by atoms with Crippen molar-refractivity contribution in [3.63, 3.8) is 0 Å². The molecule has 0 unspecified atom stereocenters. The highest BCUT2D eigenvalue weighted by Gasteiger charge is 2.39. The maximum atomic E-state index is 13.6. The first-order chi connectivity index (χ1) is 18.0. The number of amidine groups is 1. The third-order valence-corrected chi connectivity index (χ3v) is 9.63. The third-order valence-electron chi connectivity index (χ3n) is 7.28. The van der Waals surface area contributed by atoms with E-state index in [1.165, 1.54) is 38.5 Å². The Morgan fingerprint density at radius 2 is 1.70 bits per heavy atom. The Bertz CT molecular complexity index is 1210. The van der Waals surface area contributed by atoms with E-state index in [9.17, 15) is 4.79 Å². The van der Waals surface area contributed by atoms with Crippen LogP contribution in [0, 0.1) is 0 Å². The number of hydrogen-bond donors (Lipinski definition) is 0. The highest BCUT2D eigenvalue weighted by atomic mass is 79.9. The van der Waals surface area contributed by atoms with Crippen LogP contribution in [0.1, 0.15) is 75.3 Å². The van der Waals surface area contributed by atoms with E-state index in [4.69, 9.17) is 32.9 Å². The molecule has 0 radical (unpaired) electrons. The van der Waals surface area contributed by atoms with Gasteiger partial charge < -0.3 is 4.74 Å². The molecule has 0 bridgehead atoms. The van der Waals surface area contributed by atoms with Crippen molar-refractivity contribution in [1.29, 1.82) is 0 Å². The lowest BCUT2D eigenvalue weighted by Crippen LogP contribution is -2.41. The van der Waals surface area contributed by atoms with Gasteiger partial charge in [-0.1, -0.05) is 73.9 Å². The molecule has 1 amide bonds. The predicted molar refractivity (Wildman–Crippen MR) is 159 cm³/mol. The van der Waals surface area contributed by atoms with Crippen molar-refractivity contribution in [3.8, 4) is 5.75 Å². The average Bonchev–Trinajstić information content (AvgIpc) is 3.20. The van der Waals surface area contributed by atoms with Gasteiger partial charge in [0.15, 0.2) is 5.17 Å². The van der Waals surface area contributed by atoms with E-state index in [-0.39, 0.29) is 11.9 Å². The molecule has 1 saturated heterocycles. The van der Waals surface area contributed by atoms with E-state index in [1.807, 2.05) is 41.3 Å². The highest BCUT2D eigenvalue weighted by molar-refractivity contribution is 9.10. The van der Waals surface area contributed by atoms with Crippen molar-refractivity contribution in [2.24, 2.45) is 4.99 Å². The number of carbonyl (C=O) groups is 1. The number of ether oxygens (including phenoxy) is 1. The summed E-state index contributed by atoms with van der Waals surface area (Å²) in [6.07, 6.45) is 13.8. The molecule has 37 heavy (non-hydrogen) atoms. The summed E-state index contributed by atoms with van der Waals surface area (Å²) in [4.78, 5) is 21.5. The molecule has 1 aliphatic heterocycles. The van der Waals surface area contributed by atoms with Crippen LogP contribution < -0.4 is 4.74 Å². The van der Waals surface area contributed by atoms with E-state index in [2.05, 4.69) is 15.9 Å². The molecule has 5 rings (SSSR count). The SMILES string of the molecule is O=C1C(=Cc2ccc(OCc3ccc(Cl)c(Cl)c3)c(Br)c2)SC(=NC2CCCCC2)N1C1CCCCC1. The molecule has 4 nitrogen and oxygen atoms in total. The first-order valence-electron chi connectivity index (χ1n) is 13.1. The number of halogens is 3. The fourth-order valence-corrected chi connectivity index (χ4v) is 7.21. The standard InChI is InChI=1S/C29H31BrCl2N2O2S/c30-23-15-19(12-14-26(23)36-18-20-11-13-24(31)25(32)16-20)17-27-28(35)34(22-9-5-2-6-10-22)29(37-27)33-21-7-3-1-4-8-21/h11-17,21-22H,1-10,18H2. The summed E-state index contributed by atoms with van der Waals surface area (Å²) in [5.74, 6) is 0.824. The Labute approximate surface area is 242 Å². The van der Waals surface area contributed by atoms with Gasteiger partial charge in [-0.2, -0.15) is 0 Å². The van der Waals surface area contributed by atoms with E-state index in [0.29, 0.717) is 22.7 Å². The van der Waals surface area contributed by atoms with Crippen LogP contribution in [-0.4, -0.2) is 28.1 Å². The minimum absolute atomic E-state index is 0.0996. The third kappa shape index (κ3) is 6.76. The van der Waals surface area contributed by atoms with Gasteiger partial charge >= 0.3 is 0 Å². The molecular weight excluding hydrogens is 591 g/mol. The van der Waals surface area contributed by atoms with E-state index in [0.717, 1.165) is 57.1 Å². The topological polar surface area (TPSA) is 41.9 Å². The molecule has 3 fully saturated rings. The van der Waals surface area contributed by atoms with Crippen LogP contribution in [-0.2, 0) is 11.4 Å². The average molecular weight is 622 g/mol. The number of carbonyl (C=O) groups excluding carboxylic acids is 1. The van der Waals surface area contributed by atoms with Gasteiger partial charge in [0.25, 0.3) is 5.91 Å². The summed E-state index contributed by atoms with van der Waals surface area (Å²) >= 11 is 17.3. The zero-order chi connectivity index (χ0) is 25.8. The van der Waals surface area contributed by atoms with E-state index in [1.54, 1.807) is 17.8 Å². The minimum Gasteiger partial charge on any atom is -0.488 e. The number of hydrogen-bond acceptors (Lipinski definition) is 4. The molecule has 3 aliphatic rings. The lowest BCUT2D eigenvalue weighted by atomic mass is 9.94. The van der Waals surface area contributed by atoms with Gasteiger partial charge in [0, 0.05) is 6.04 Å². The summed E-state index contributed by atoms with van der Waals surface area (Å²) in [6.45, 7) is 0.377. The fourth-order valence-electron chi connectivity index (χ4n) is 5.27. The van der Waals surface area contributed by atoms with Crippen LogP contribution in [0.15, 0.2) is 50.8 Å². The molecule has 0 atom stereocenters. The van der Waals surface area contributed by atoms with Crippen molar-refractivity contribution < 1.29 is 9.53 Å². The Hall–Kier alpha value is -1.47. The Morgan fingerprint density at radius 3 is 2.41 bits per heavy atom. The van der Waals surface area contributed by atoms with Gasteiger partial charge in [0.2, 0.25) is 0 Å². The number of aliphatic imine (C=N–C) groups is 1. The lowest BCUT2D eigenvalue weighted by molar-refractivity contribution is -0.124. The van der Waals surface area contributed by atoms with Gasteiger partial charge in [0.05, 0.1) is 25.5 Å². The predicted octanol–water partition coefficient (Wildman–Crippen LogP) is 9.27. The van der Waals surface area contributed by atoms with Gasteiger partial charge in [-0.3, -0.25) is 14.7 Å². The van der Waals surface area contributed by atoms with Crippen LogP contribution in [0.4, 0.5) is 0 Å². The normalized spacial score (nSPS) is 21.8. The highest BCUT2D eigenvalue weighted by Crippen LogP contribution is 2.39. The summed E-state index contributed by atoms with van der Waals surface area (Å²) < 4.78 is 6.82. The number of nitrogens with zero attached hydrogens (tertiary/aromatic N) is 2. The fraction of sp³-hybridized carbons (Fsp3) is 0.448. The molecule has 2 aromatic carbocycles. The van der Waals surface area contributed by atoms with Gasteiger partial charge in [-0.25, -0.2) is 0 Å². The van der Waals surface area contributed by atoms with Crippen molar-refractivity contribution in [1.82, 2.24) is 4.90 Å². The first kappa shape index (κ1) is 27.1. The number of benzene rings is 2. The lowest BCUT2D eigenvalue weighted by Gasteiger charge is -2.31. The minimum atomic E-state index is 0.0996. The molecule has 0 spiro atoms. The van der Waals surface area contributed by atoms with Crippen LogP contribution >= 0.6 is 50.9 Å². The molecule has 0 N–H and O–H groups in total. The molecule has 0 aromatic heterocycles. The molecule has 1 heterocycles. The van der Waals surface area contributed by atoms with Crippen molar-refractivity contribution in [2.45, 2.75) is 82.9 Å². The van der Waals surface area contributed by atoms with Gasteiger partial charge in [-0.05, 0) is 94.8 Å². The first-order valence-corrected chi connectivity index (χ1v) is 15.5. The monoisotopic (exact) mass is 620 g/mol. The van der Waals surface area contributed by atoms with Crippen LogP contribution in [0.5, 0.6) is 5.75 Å². The van der Waals surface area contributed by atoms with Gasteiger partial charge in [0.1, 0.15) is 12.4 Å². The molecule has 2 aliphatic carbocycles. The molecular formula is C29H31BrCl2N2O2S. The second-order valence-corrected chi connectivity index (χ2v) is 12.7. The van der Waals surface area contributed by atoms with Crippen LogP contribution in [0.3, 0.4) is 0 Å². The molecule has 196 valence electrons. The summed E-state index contributed by atoms with van der Waals surface area (Å²) in [5, 5.41) is 1.95.